The summed E-state index contributed by atoms with van der Waals surface area (Å²) in [4.78, 5) is 16.7. The zero-order valence-corrected chi connectivity index (χ0v) is 11.4. The number of nitrogen functional groups attached to an aromatic ring is 1. The minimum Gasteiger partial charge on any atom is -0.382 e. The Balaban J connectivity index is 2.02. The van der Waals surface area contributed by atoms with E-state index in [1.54, 1.807) is 0 Å². The van der Waals surface area contributed by atoms with Crippen molar-refractivity contribution in [2.45, 2.75) is 38.8 Å². The molecule has 1 heterocycles. The highest BCUT2D eigenvalue weighted by Crippen LogP contribution is 2.25. The van der Waals surface area contributed by atoms with Gasteiger partial charge in [-0.2, -0.15) is 0 Å². The van der Waals surface area contributed by atoms with E-state index in [4.69, 9.17) is 5.73 Å². The second kappa shape index (κ2) is 5.39. The van der Waals surface area contributed by atoms with Crippen LogP contribution in [-0.4, -0.2) is 23.0 Å². The minimum absolute atomic E-state index is 0.129. The van der Waals surface area contributed by atoms with Crippen LogP contribution in [0.3, 0.4) is 0 Å². The smallest absolute Gasteiger partial charge is 0.265 e. The molecule has 0 saturated heterocycles. The number of nitrogens with two attached hydrogens (primary N) is 1. The minimum atomic E-state index is -0.129. The molecule has 0 atom stereocenters. The van der Waals surface area contributed by atoms with Crippen LogP contribution in [0.5, 0.6) is 0 Å². The SMILES string of the molecule is CC(C)Nc1nc(N)c(C(=O)NC2CC=CC2)s1. The maximum atomic E-state index is 12.0. The third-order valence-corrected chi connectivity index (χ3v) is 3.62. The van der Waals surface area contributed by atoms with E-state index >= 15 is 0 Å². The Kier molecular flexibility index (Phi) is 3.86. The molecule has 0 fully saturated rings. The summed E-state index contributed by atoms with van der Waals surface area (Å²) < 4.78 is 0. The zero-order chi connectivity index (χ0) is 13.1. The number of carbonyl (C=O) groups excluding carboxylic acids is 1. The Bertz CT molecular complexity index is 459. The maximum Gasteiger partial charge on any atom is 0.265 e. The lowest BCUT2D eigenvalue weighted by molar-refractivity contribution is 0.0944. The van der Waals surface area contributed by atoms with Gasteiger partial charge in [-0.1, -0.05) is 23.5 Å². The van der Waals surface area contributed by atoms with Crippen LogP contribution in [0.4, 0.5) is 10.9 Å². The zero-order valence-electron chi connectivity index (χ0n) is 10.6. The number of thiazole rings is 1. The highest BCUT2D eigenvalue weighted by Gasteiger charge is 2.20. The molecule has 1 aromatic rings. The van der Waals surface area contributed by atoms with Gasteiger partial charge in [0.1, 0.15) is 10.7 Å². The molecule has 98 valence electrons. The van der Waals surface area contributed by atoms with E-state index in [9.17, 15) is 4.79 Å². The number of nitrogens with one attached hydrogen (secondary N) is 2. The number of nitrogens with zero attached hydrogens (tertiary/aromatic N) is 1. The molecule has 4 N–H and O–H groups in total. The average molecular weight is 266 g/mol. The third-order valence-electron chi connectivity index (χ3n) is 2.61. The highest BCUT2D eigenvalue weighted by atomic mass is 32.1. The first-order valence-corrected chi connectivity index (χ1v) is 6.86. The van der Waals surface area contributed by atoms with Crippen molar-refractivity contribution in [3.8, 4) is 0 Å². The lowest BCUT2D eigenvalue weighted by Crippen LogP contribution is -2.32. The fraction of sp³-hybridized carbons (Fsp3) is 0.500. The molecule has 1 aromatic heterocycles. The predicted molar refractivity (Wildman–Crippen MR) is 74.9 cm³/mol. The first-order valence-electron chi connectivity index (χ1n) is 6.05. The Labute approximate surface area is 110 Å². The monoisotopic (exact) mass is 266 g/mol. The summed E-state index contributed by atoms with van der Waals surface area (Å²) in [5.41, 5.74) is 5.78. The molecule has 1 aliphatic rings. The van der Waals surface area contributed by atoms with E-state index in [0.717, 1.165) is 12.8 Å². The molecular formula is C12H18N4OS. The molecule has 2 rings (SSSR count). The van der Waals surface area contributed by atoms with Gasteiger partial charge in [0.25, 0.3) is 5.91 Å². The second-order valence-electron chi connectivity index (χ2n) is 4.65. The van der Waals surface area contributed by atoms with Crippen LogP contribution in [-0.2, 0) is 0 Å². The van der Waals surface area contributed by atoms with Crippen LogP contribution in [0.15, 0.2) is 12.2 Å². The van der Waals surface area contributed by atoms with Gasteiger partial charge >= 0.3 is 0 Å². The summed E-state index contributed by atoms with van der Waals surface area (Å²) in [7, 11) is 0. The predicted octanol–water partition coefficient (Wildman–Crippen LogP) is 1.99. The number of hydrogen-bond donors (Lipinski definition) is 3. The van der Waals surface area contributed by atoms with Gasteiger partial charge in [0, 0.05) is 12.1 Å². The number of carbonyl (C=O) groups is 1. The number of anilines is 2. The van der Waals surface area contributed by atoms with E-state index in [0.29, 0.717) is 15.8 Å². The topological polar surface area (TPSA) is 80.0 Å². The van der Waals surface area contributed by atoms with Crippen LogP contribution in [0, 0.1) is 0 Å². The second-order valence-corrected chi connectivity index (χ2v) is 5.64. The lowest BCUT2D eigenvalue weighted by atomic mass is 10.2. The van der Waals surface area contributed by atoms with Crippen LogP contribution in [0.1, 0.15) is 36.4 Å². The molecule has 0 unspecified atom stereocenters. The Morgan fingerprint density at radius 3 is 2.78 bits per heavy atom. The summed E-state index contributed by atoms with van der Waals surface area (Å²) in [6.45, 7) is 4.03. The third kappa shape index (κ3) is 3.01. The van der Waals surface area contributed by atoms with Crippen molar-refractivity contribution in [3.05, 3.63) is 17.0 Å². The van der Waals surface area contributed by atoms with E-state index in [1.165, 1.54) is 11.3 Å². The summed E-state index contributed by atoms with van der Waals surface area (Å²) >= 11 is 1.30. The van der Waals surface area contributed by atoms with Crippen molar-refractivity contribution in [2.24, 2.45) is 0 Å². The van der Waals surface area contributed by atoms with E-state index in [-0.39, 0.29) is 18.0 Å². The molecule has 6 heteroatoms. The van der Waals surface area contributed by atoms with E-state index in [2.05, 4.69) is 27.8 Å². The Morgan fingerprint density at radius 1 is 1.50 bits per heavy atom. The van der Waals surface area contributed by atoms with Crippen LogP contribution < -0.4 is 16.4 Å². The molecule has 1 aliphatic carbocycles. The Morgan fingerprint density at radius 2 is 2.17 bits per heavy atom. The van der Waals surface area contributed by atoms with Crippen LogP contribution in [0.2, 0.25) is 0 Å². The molecule has 0 bridgehead atoms. The normalized spacial score (nSPS) is 15.3. The molecule has 18 heavy (non-hydrogen) atoms. The first-order chi connectivity index (χ1) is 8.56. The van der Waals surface area contributed by atoms with E-state index in [1.807, 2.05) is 13.8 Å². The van der Waals surface area contributed by atoms with Gasteiger partial charge in [0.15, 0.2) is 5.13 Å². The van der Waals surface area contributed by atoms with Gasteiger partial charge in [0.05, 0.1) is 0 Å². The van der Waals surface area contributed by atoms with Gasteiger partial charge in [-0.05, 0) is 26.7 Å². The standard InChI is InChI=1S/C12H18N4OS/c1-7(2)14-12-16-10(13)9(18-12)11(17)15-8-5-3-4-6-8/h3-4,7-8H,5-6,13H2,1-2H3,(H,14,16)(H,15,17). The molecule has 0 spiro atoms. The van der Waals surface area contributed by atoms with Crippen molar-refractivity contribution in [1.82, 2.24) is 10.3 Å². The number of amides is 1. The van der Waals surface area contributed by atoms with Gasteiger partial charge in [-0.25, -0.2) is 4.98 Å². The quantitative estimate of drug-likeness (QED) is 0.728. The van der Waals surface area contributed by atoms with Crippen molar-refractivity contribution in [3.63, 3.8) is 0 Å². The van der Waals surface area contributed by atoms with Gasteiger partial charge in [0.2, 0.25) is 0 Å². The molecule has 0 aromatic carbocycles. The number of hydrogen-bond acceptors (Lipinski definition) is 5. The summed E-state index contributed by atoms with van der Waals surface area (Å²) in [6, 6.07) is 0.464. The van der Waals surface area contributed by atoms with Gasteiger partial charge < -0.3 is 16.4 Å². The molecule has 5 nitrogen and oxygen atoms in total. The molecular weight excluding hydrogens is 248 g/mol. The largest absolute Gasteiger partial charge is 0.382 e. The number of rotatable bonds is 4. The summed E-state index contributed by atoms with van der Waals surface area (Å²) in [6.07, 6.45) is 5.93. The van der Waals surface area contributed by atoms with Crippen molar-refractivity contribution in [1.29, 1.82) is 0 Å². The fourth-order valence-electron chi connectivity index (χ4n) is 1.79. The van der Waals surface area contributed by atoms with Gasteiger partial charge in [-0.15, -0.1) is 0 Å². The van der Waals surface area contributed by atoms with Crippen molar-refractivity contribution >= 4 is 28.2 Å². The van der Waals surface area contributed by atoms with Gasteiger partial charge in [-0.3, -0.25) is 4.79 Å². The summed E-state index contributed by atoms with van der Waals surface area (Å²) in [5, 5.41) is 6.81. The van der Waals surface area contributed by atoms with Crippen molar-refractivity contribution < 1.29 is 4.79 Å². The highest BCUT2D eigenvalue weighted by molar-refractivity contribution is 7.18. The molecule has 0 radical (unpaired) electrons. The fourth-order valence-corrected chi connectivity index (χ4v) is 2.72. The molecule has 0 saturated carbocycles. The molecule has 0 aliphatic heterocycles. The van der Waals surface area contributed by atoms with E-state index < -0.39 is 0 Å². The lowest BCUT2D eigenvalue weighted by Gasteiger charge is -2.10. The average Bonchev–Trinajstić information content (AvgIpc) is 2.87. The van der Waals surface area contributed by atoms with Crippen LogP contribution in [0.25, 0.3) is 0 Å². The van der Waals surface area contributed by atoms with Crippen LogP contribution >= 0.6 is 11.3 Å². The first kappa shape index (κ1) is 12.9. The number of aromatic nitrogens is 1. The molecule has 1 amide bonds. The maximum absolute atomic E-state index is 12.0. The summed E-state index contributed by atoms with van der Waals surface area (Å²) in [5.74, 6) is 0.169. The van der Waals surface area contributed by atoms with Crippen molar-refractivity contribution in [2.75, 3.05) is 11.1 Å². The Hall–Kier alpha value is -1.56.